The second-order valence-electron chi connectivity index (χ2n) is 2.93. The van der Waals surface area contributed by atoms with Crippen molar-refractivity contribution in [1.82, 2.24) is 10.3 Å². The number of oxazole rings is 1. The van der Waals surface area contributed by atoms with Gasteiger partial charge in [0.05, 0.1) is 12.7 Å². The molecule has 1 rings (SSSR count). The van der Waals surface area contributed by atoms with E-state index in [9.17, 15) is 0 Å². The first-order valence-electron chi connectivity index (χ1n) is 3.95. The van der Waals surface area contributed by atoms with Gasteiger partial charge in [-0.3, -0.25) is 0 Å². The van der Waals surface area contributed by atoms with Gasteiger partial charge in [-0.2, -0.15) is 0 Å². The van der Waals surface area contributed by atoms with Crippen molar-refractivity contribution in [3.63, 3.8) is 0 Å². The maximum atomic E-state index is 5.26. The molecular weight excluding hydrogens is 152 g/mol. The van der Waals surface area contributed by atoms with Crippen molar-refractivity contribution in [2.24, 2.45) is 0 Å². The van der Waals surface area contributed by atoms with Crippen LogP contribution in [0.5, 0.6) is 0 Å². The van der Waals surface area contributed by atoms with E-state index in [1.54, 1.807) is 6.20 Å². The Hall–Kier alpha value is -1.09. The molecule has 0 aliphatic heterocycles. The minimum absolute atomic E-state index is 0.667. The number of hydrogen-bond acceptors (Lipinski definition) is 3. The van der Waals surface area contributed by atoms with Gasteiger partial charge >= 0.3 is 0 Å². The fourth-order valence-electron chi connectivity index (χ4n) is 0.866. The van der Waals surface area contributed by atoms with E-state index in [1.165, 1.54) is 0 Å². The van der Waals surface area contributed by atoms with Crippen molar-refractivity contribution in [1.29, 1.82) is 0 Å². The van der Waals surface area contributed by atoms with Gasteiger partial charge in [-0.25, -0.2) is 4.98 Å². The second kappa shape index (κ2) is 4.07. The Labute approximate surface area is 72.5 Å². The van der Waals surface area contributed by atoms with E-state index in [-0.39, 0.29) is 0 Å². The van der Waals surface area contributed by atoms with Crippen LogP contribution in [0, 0.1) is 6.92 Å². The smallest absolute Gasteiger partial charge is 0.208 e. The molecule has 0 amide bonds. The Morgan fingerprint density at radius 3 is 3.00 bits per heavy atom. The van der Waals surface area contributed by atoms with Crippen LogP contribution >= 0.6 is 0 Å². The van der Waals surface area contributed by atoms with Crippen LogP contribution < -0.4 is 5.32 Å². The average molecular weight is 166 g/mol. The first-order valence-corrected chi connectivity index (χ1v) is 3.95. The molecule has 0 saturated heterocycles. The predicted molar refractivity (Wildman–Crippen MR) is 47.8 cm³/mol. The molecule has 1 aromatic rings. The predicted octanol–water partition coefficient (Wildman–Crippen LogP) is 1.65. The van der Waals surface area contributed by atoms with E-state index in [0.29, 0.717) is 6.54 Å². The molecule has 1 aromatic heterocycles. The van der Waals surface area contributed by atoms with E-state index in [2.05, 4.69) is 16.9 Å². The molecule has 0 aromatic carbocycles. The van der Waals surface area contributed by atoms with Crippen LogP contribution in [0.1, 0.15) is 18.6 Å². The topological polar surface area (TPSA) is 38.1 Å². The third-order valence-electron chi connectivity index (χ3n) is 1.37. The molecular formula is C9H14N2O. The summed E-state index contributed by atoms with van der Waals surface area (Å²) in [5, 5.41) is 3.16. The molecule has 1 N–H and O–H groups in total. The summed E-state index contributed by atoms with van der Waals surface area (Å²) in [7, 11) is 0. The summed E-state index contributed by atoms with van der Waals surface area (Å²) in [6.45, 7) is 9.12. The molecule has 12 heavy (non-hydrogen) atoms. The van der Waals surface area contributed by atoms with E-state index < -0.39 is 0 Å². The van der Waals surface area contributed by atoms with E-state index in [1.807, 2.05) is 13.8 Å². The molecule has 0 radical (unpaired) electrons. The molecule has 0 aliphatic rings. The number of hydrogen-bond donors (Lipinski definition) is 1. The Balaban J connectivity index is 2.29. The van der Waals surface area contributed by atoms with Crippen LogP contribution in [0.15, 0.2) is 22.8 Å². The molecule has 0 saturated carbocycles. The SMILES string of the molecule is C=C(C)CNCc1ncc(C)o1. The van der Waals surface area contributed by atoms with Gasteiger partial charge in [0.25, 0.3) is 0 Å². The van der Waals surface area contributed by atoms with Gasteiger partial charge < -0.3 is 9.73 Å². The summed E-state index contributed by atoms with van der Waals surface area (Å²) >= 11 is 0. The van der Waals surface area contributed by atoms with Gasteiger partial charge in [-0.05, 0) is 13.8 Å². The fourth-order valence-corrected chi connectivity index (χ4v) is 0.866. The highest BCUT2D eigenvalue weighted by molar-refractivity contribution is 4.93. The number of aromatic nitrogens is 1. The summed E-state index contributed by atoms with van der Waals surface area (Å²) in [4.78, 5) is 4.05. The first-order chi connectivity index (χ1) is 5.68. The summed E-state index contributed by atoms with van der Waals surface area (Å²) in [5.41, 5.74) is 1.11. The minimum atomic E-state index is 0.667. The monoisotopic (exact) mass is 166 g/mol. The highest BCUT2D eigenvalue weighted by atomic mass is 16.4. The zero-order valence-corrected chi connectivity index (χ0v) is 7.55. The number of nitrogens with one attached hydrogen (secondary N) is 1. The zero-order valence-electron chi connectivity index (χ0n) is 7.55. The van der Waals surface area contributed by atoms with E-state index >= 15 is 0 Å². The van der Waals surface area contributed by atoms with Crippen LogP contribution in [0.3, 0.4) is 0 Å². The Morgan fingerprint density at radius 2 is 2.50 bits per heavy atom. The molecule has 3 heteroatoms. The van der Waals surface area contributed by atoms with Crippen molar-refractivity contribution in [2.75, 3.05) is 6.54 Å². The minimum Gasteiger partial charge on any atom is -0.445 e. The Bertz CT molecular complexity index is 265. The van der Waals surface area contributed by atoms with Crippen molar-refractivity contribution >= 4 is 0 Å². The molecule has 1 heterocycles. The molecule has 3 nitrogen and oxygen atoms in total. The Kier molecular flexibility index (Phi) is 3.05. The van der Waals surface area contributed by atoms with E-state index in [0.717, 1.165) is 23.8 Å². The quantitative estimate of drug-likeness (QED) is 0.691. The molecule has 0 bridgehead atoms. The van der Waals surface area contributed by atoms with Crippen molar-refractivity contribution in [2.45, 2.75) is 20.4 Å². The van der Waals surface area contributed by atoms with Crippen LogP contribution in [-0.2, 0) is 6.54 Å². The number of rotatable bonds is 4. The van der Waals surface area contributed by atoms with Crippen LogP contribution in [0.4, 0.5) is 0 Å². The molecule has 0 fully saturated rings. The lowest BCUT2D eigenvalue weighted by Crippen LogP contribution is -2.15. The fraction of sp³-hybridized carbons (Fsp3) is 0.444. The van der Waals surface area contributed by atoms with Crippen LogP contribution in [0.2, 0.25) is 0 Å². The lowest BCUT2D eigenvalue weighted by atomic mass is 10.3. The van der Waals surface area contributed by atoms with Crippen LogP contribution in [0.25, 0.3) is 0 Å². The van der Waals surface area contributed by atoms with E-state index in [4.69, 9.17) is 4.42 Å². The van der Waals surface area contributed by atoms with Gasteiger partial charge in [-0.1, -0.05) is 12.2 Å². The van der Waals surface area contributed by atoms with Gasteiger partial charge in [-0.15, -0.1) is 0 Å². The molecule has 0 aliphatic carbocycles. The lowest BCUT2D eigenvalue weighted by molar-refractivity contribution is 0.454. The zero-order chi connectivity index (χ0) is 8.97. The van der Waals surface area contributed by atoms with Gasteiger partial charge in [0.1, 0.15) is 5.76 Å². The first kappa shape index (κ1) is 9.00. The van der Waals surface area contributed by atoms with Crippen LogP contribution in [-0.4, -0.2) is 11.5 Å². The molecule has 0 unspecified atom stereocenters. The third kappa shape index (κ3) is 2.88. The van der Waals surface area contributed by atoms with Gasteiger partial charge in [0.15, 0.2) is 0 Å². The second-order valence-corrected chi connectivity index (χ2v) is 2.93. The lowest BCUT2D eigenvalue weighted by Gasteiger charge is -1.99. The standard InChI is InChI=1S/C9H14N2O/c1-7(2)4-10-6-9-11-5-8(3)12-9/h5,10H,1,4,6H2,2-3H3. The third-order valence-corrected chi connectivity index (χ3v) is 1.37. The molecule has 0 spiro atoms. The number of nitrogens with zero attached hydrogens (tertiary/aromatic N) is 1. The maximum Gasteiger partial charge on any atom is 0.208 e. The Morgan fingerprint density at radius 1 is 1.75 bits per heavy atom. The highest BCUT2D eigenvalue weighted by Crippen LogP contribution is 2.00. The summed E-state index contributed by atoms with van der Waals surface area (Å²) in [6.07, 6.45) is 1.72. The summed E-state index contributed by atoms with van der Waals surface area (Å²) < 4.78 is 5.26. The normalized spacial score (nSPS) is 10.2. The van der Waals surface area contributed by atoms with Gasteiger partial charge in [0, 0.05) is 6.54 Å². The molecule has 0 atom stereocenters. The van der Waals surface area contributed by atoms with Crippen molar-refractivity contribution in [3.8, 4) is 0 Å². The maximum absolute atomic E-state index is 5.26. The molecule has 66 valence electrons. The van der Waals surface area contributed by atoms with Crippen molar-refractivity contribution in [3.05, 3.63) is 30.0 Å². The largest absolute Gasteiger partial charge is 0.445 e. The highest BCUT2D eigenvalue weighted by Gasteiger charge is 1.98. The van der Waals surface area contributed by atoms with Crippen molar-refractivity contribution < 1.29 is 4.42 Å². The van der Waals surface area contributed by atoms with Gasteiger partial charge in [0.2, 0.25) is 5.89 Å². The average Bonchev–Trinajstić information content (AvgIpc) is 2.35. The summed E-state index contributed by atoms with van der Waals surface area (Å²) in [5.74, 6) is 1.58. The number of aryl methyl sites for hydroxylation is 1. The summed E-state index contributed by atoms with van der Waals surface area (Å²) in [6, 6.07) is 0.